The molecule has 0 bridgehead atoms. The van der Waals surface area contributed by atoms with E-state index in [9.17, 15) is 4.79 Å². The molecule has 0 radical (unpaired) electrons. The number of thiazole rings is 1. The number of aromatic nitrogens is 1. The highest BCUT2D eigenvalue weighted by Gasteiger charge is 2.10. The second-order valence-electron chi connectivity index (χ2n) is 6.02. The second kappa shape index (κ2) is 8.68. The van der Waals surface area contributed by atoms with E-state index in [1.807, 2.05) is 61.7 Å². The maximum Gasteiger partial charge on any atom is 0.344 e. The van der Waals surface area contributed by atoms with Crippen molar-refractivity contribution in [3.05, 3.63) is 64.7 Å². The summed E-state index contributed by atoms with van der Waals surface area (Å²) >= 11 is 1.50. The smallest absolute Gasteiger partial charge is 0.344 e. The van der Waals surface area contributed by atoms with E-state index >= 15 is 0 Å². The van der Waals surface area contributed by atoms with Crippen LogP contribution in [0, 0.1) is 13.8 Å². The Bertz CT molecular complexity index is 935. The van der Waals surface area contributed by atoms with E-state index < -0.39 is 5.97 Å². The van der Waals surface area contributed by atoms with Gasteiger partial charge >= 0.3 is 5.97 Å². The zero-order valence-corrected chi connectivity index (χ0v) is 16.3. The molecule has 0 fully saturated rings. The van der Waals surface area contributed by atoms with Crippen LogP contribution in [0.15, 0.2) is 47.8 Å². The first kappa shape index (κ1) is 18.9. The zero-order valence-electron chi connectivity index (χ0n) is 15.5. The van der Waals surface area contributed by atoms with Gasteiger partial charge in [-0.25, -0.2) is 9.78 Å². The van der Waals surface area contributed by atoms with Crippen molar-refractivity contribution in [3.8, 4) is 22.1 Å². The van der Waals surface area contributed by atoms with E-state index in [4.69, 9.17) is 14.2 Å². The van der Waals surface area contributed by atoms with Gasteiger partial charge in [0.1, 0.15) is 23.1 Å². The Labute approximate surface area is 162 Å². The quantitative estimate of drug-likeness (QED) is 0.560. The van der Waals surface area contributed by atoms with Crippen LogP contribution in [0.5, 0.6) is 11.5 Å². The van der Waals surface area contributed by atoms with Gasteiger partial charge in [0.15, 0.2) is 6.61 Å². The minimum Gasteiger partial charge on any atom is -0.497 e. The van der Waals surface area contributed by atoms with Crippen LogP contribution in [0.25, 0.3) is 10.6 Å². The Balaban J connectivity index is 1.53. The first-order chi connectivity index (χ1) is 13.1. The number of aryl methyl sites for hydroxylation is 1. The SMILES string of the molecule is COc1cccc(-c2nc(COC(=O)COc3cccc(C)c3C)cs2)c1. The molecule has 0 amide bonds. The van der Waals surface area contributed by atoms with E-state index in [0.29, 0.717) is 11.4 Å². The first-order valence-corrected chi connectivity index (χ1v) is 9.38. The number of nitrogens with zero attached hydrogens (tertiary/aromatic N) is 1. The number of benzene rings is 2. The maximum atomic E-state index is 12.0. The summed E-state index contributed by atoms with van der Waals surface area (Å²) in [5, 5.41) is 2.74. The van der Waals surface area contributed by atoms with Crippen molar-refractivity contribution < 1.29 is 19.0 Å². The van der Waals surface area contributed by atoms with Gasteiger partial charge in [-0.1, -0.05) is 24.3 Å². The lowest BCUT2D eigenvalue weighted by molar-refractivity contribution is -0.147. The predicted molar refractivity (Wildman–Crippen MR) is 105 cm³/mol. The molecule has 5 nitrogen and oxygen atoms in total. The van der Waals surface area contributed by atoms with Gasteiger partial charge in [-0.05, 0) is 43.2 Å². The molecular weight excluding hydrogens is 362 g/mol. The van der Waals surface area contributed by atoms with Crippen molar-refractivity contribution in [2.45, 2.75) is 20.5 Å². The van der Waals surface area contributed by atoms with Crippen molar-refractivity contribution in [1.29, 1.82) is 0 Å². The number of ether oxygens (including phenoxy) is 3. The van der Waals surface area contributed by atoms with Crippen LogP contribution in [0.4, 0.5) is 0 Å². The van der Waals surface area contributed by atoms with Gasteiger partial charge in [0, 0.05) is 10.9 Å². The lowest BCUT2D eigenvalue weighted by Gasteiger charge is -2.10. The van der Waals surface area contributed by atoms with Gasteiger partial charge in [0.2, 0.25) is 0 Å². The molecule has 1 heterocycles. The lowest BCUT2D eigenvalue weighted by atomic mass is 10.1. The third-order valence-electron chi connectivity index (χ3n) is 4.15. The fourth-order valence-electron chi connectivity index (χ4n) is 2.48. The predicted octanol–water partition coefficient (Wildman–Crippen LogP) is 4.56. The van der Waals surface area contributed by atoms with Crippen molar-refractivity contribution >= 4 is 17.3 Å². The number of hydrogen-bond acceptors (Lipinski definition) is 6. The summed E-state index contributed by atoms with van der Waals surface area (Å²) in [6.45, 7) is 3.96. The average molecular weight is 383 g/mol. The summed E-state index contributed by atoms with van der Waals surface area (Å²) in [6, 6.07) is 13.4. The number of hydrogen-bond donors (Lipinski definition) is 0. The van der Waals surface area contributed by atoms with E-state index in [-0.39, 0.29) is 13.2 Å². The molecule has 6 heteroatoms. The van der Waals surface area contributed by atoms with Gasteiger partial charge in [0.25, 0.3) is 0 Å². The molecule has 1 aromatic heterocycles. The van der Waals surface area contributed by atoms with Crippen molar-refractivity contribution in [1.82, 2.24) is 4.98 Å². The fraction of sp³-hybridized carbons (Fsp3) is 0.238. The van der Waals surface area contributed by atoms with Crippen molar-refractivity contribution in [3.63, 3.8) is 0 Å². The van der Waals surface area contributed by atoms with Crippen LogP contribution >= 0.6 is 11.3 Å². The maximum absolute atomic E-state index is 12.0. The molecule has 2 aromatic carbocycles. The fourth-order valence-corrected chi connectivity index (χ4v) is 3.28. The van der Waals surface area contributed by atoms with Crippen LogP contribution in [0.3, 0.4) is 0 Å². The van der Waals surface area contributed by atoms with Gasteiger partial charge in [-0.15, -0.1) is 11.3 Å². The third kappa shape index (κ3) is 4.86. The molecule has 0 aliphatic heterocycles. The zero-order chi connectivity index (χ0) is 19.2. The molecule has 0 spiro atoms. The van der Waals surface area contributed by atoms with Crippen LogP contribution < -0.4 is 9.47 Å². The summed E-state index contributed by atoms with van der Waals surface area (Å²) in [7, 11) is 1.63. The highest BCUT2D eigenvalue weighted by atomic mass is 32.1. The molecular formula is C21H21NO4S. The molecule has 0 N–H and O–H groups in total. The van der Waals surface area contributed by atoms with E-state index in [1.165, 1.54) is 11.3 Å². The minimum absolute atomic E-state index is 0.120. The molecule has 0 saturated carbocycles. The van der Waals surface area contributed by atoms with Gasteiger partial charge < -0.3 is 14.2 Å². The van der Waals surface area contributed by atoms with Gasteiger partial charge in [-0.2, -0.15) is 0 Å². The Morgan fingerprint density at radius 3 is 2.78 bits per heavy atom. The molecule has 0 aliphatic carbocycles. The van der Waals surface area contributed by atoms with Crippen molar-refractivity contribution in [2.75, 3.05) is 13.7 Å². The number of methoxy groups -OCH3 is 1. The Hall–Kier alpha value is -2.86. The molecule has 0 atom stereocenters. The highest BCUT2D eigenvalue weighted by molar-refractivity contribution is 7.13. The summed E-state index contributed by atoms with van der Waals surface area (Å²) in [5.41, 5.74) is 3.81. The van der Waals surface area contributed by atoms with Gasteiger partial charge in [-0.3, -0.25) is 0 Å². The van der Waals surface area contributed by atoms with Crippen molar-refractivity contribution in [2.24, 2.45) is 0 Å². The summed E-state index contributed by atoms with van der Waals surface area (Å²) < 4.78 is 16.1. The van der Waals surface area contributed by atoms with E-state index in [0.717, 1.165) is 27.4 Å². The standard InChI is InChI=1S/C21H21NO4S/c1-14-6-4-9-19(15(14)2)25-12-20(23)26-11-17-13-27-21(22-17)16-7-5-8-18(10-16)24-3/h4-10,13H,11-12H2,1-3H3. The molecule has 0 aliphatic rings. The Morgan fingerprint density at radius 1 is 1.15 bits per heavy atom. The molecule has 3 aromatic rings. The number of carbonyl (C=O) groups excluding carboxylic acids is 1. The van der Waals surface area contributed by atoms with Gasteiger partial charge in [0.05, 0.1) is 12.8 Å². The topological polar surface area (TPSA) is 57.7 Å². The average Bonchev–Trinajstić information content (AvgIpc) is 3.16. The van der Waals surface area contributed by atoms with E-state index in [2.05, 4.69) is 4.98 Å². The molecule has 140 valence electrons. The van der Waals surface area contributed by atoms with E-state index in [1.54, 1.807) is 7.11 Å². The molecule has 0 unspecified atom stereocenters. The largest absolute Gasteiger partial charge is 0.497 e. The minimum atomic E-state index is -0.424. The summed E-state index contributed by atoms with van der Waals surface area (Å²) in [6.07, 6.45) is 0. The molecule has 27 heavy (non-hydrogen) atoms. The monoisotopic (exact) mass is 383 g/mol. The number of carbonyl (C=O) groups is 1. The summed E-state index contributed by atoms with van der Waals surface area (Å²) in [4.78, 5) is 16.5. The first-order valence-electron chi connectivity index (χ1n) is 8.50. The lowest BCUT2D eigenvalue weighted by Crippen LogP contribution is -2.15. The Morgan fingerprint density at radius 2 is 1.96 bits per heavy atom. The summed E-state index contributed by atoms with van der Waals surface area (Å²) in [5.74, 6) is 1.05. The number of rotatable bonds is 7. The van der Waals surface area contributed by atoms with Crippen LogP contribution in [-0.4, -0.2) is 24.7 Å². The van der Waals surface area contributed by atoms with Crippen LogP contribution in [0.1, 0.15) is 16.8 Å². The highest BCUT2D eigenvalue weighted by Crippen LogP contribution is 2.27. The molecule has 0 saturated heterocycles. The Kier molecular flexibility index (Phi) is 6.08. The third-order valence-corrected chi connectivity index (χ3v) is 5.09. The number of esters is 1. The van der Waals surface area contributed by atoms with Crippen LogP contribution in [-0.2, 0) is 16.1 Å². The normalized spacial score (nSPS) is 10.5. The van der Waals surface area contributed by atoms with Crippen LogP contribution in [0.2, 0.25) is 0 Å². The molecule has 3 rings (SSSR count). The second-order valence-corrected chi connectivity index (χ2v) is 6.88.